The summed E-state index contributed by atoms with van der Waals surface area (Å²) in [5.41, 5.74) is 7.51. The number of hydrogen-bond acceptors (Lipinski definition) is 4. The lowest BCUT2D eigenvalue weighted by atomic mass is 10.1. The Morgan fingerprint density at radius 2 is 2.12 bits per heavy atom. The SMILES string of the molecule is CCOC(=O)c1ccc(CN=C(N)NCC2CCCN2CC)cc1. The minimum atomic E-state index is -0.300. The predicted molar refractivity (Wildman–Crippen MR) is 96.0 cm³/mol. The van der Waals surface area contributed by atoms with Crippen molar-refractivity contribution in [1.82, 2.24) is 10.2 Å². The van der Waals surface area contributed by atoms with Crippen LogP contribution in [-0.4, -0.2) is 49.1 Å². The van der Waals surface area contributed by atoms with E-state index in [0.717, 1.165) is 18.7 Å². The van der Waals surface area contributed by atoms with E-state index in [1.807, 2.05) is 12.1 Å². The number of hydrogen-bond donors (Lipinski definition) is 2. The number of rotatable bonds is 7. The Hall–Kier alpha value is -2.08. The molecule has 6 heteroatoms. The van der Waals surface area contributed by atoms with E-state index in [4.69, 9.17) is 10.5 Å². The number of nitrogens with two attached hydrogens (primary N) is 1. The summed E-state index contributed by atoms with van der Waals surface area (Å²) < 4.78 is 4.96. The van der Waals surface area contributed by atoms with E-state index in [-0.39, 0.29) is 5.97 Å². The van der Waals surface area contributed by atoms with Crippen LogP contribution < -0.4 is 11.1 Å². The van der Waals surface area contributed by atoms with Crippen molar-refractivity contribution in [1.29, 1.82) is 0 Å². The highest BCUT2D eigenvalue weighted by atomic mass is 16.5. The molecule has 1 fully saturated rings. The molecular formula is C18H28N4O2. The van der Waals surface area contributed by atoms with Gasteiger partial charge in [0.25, 0.3) is 0 Å². The fourth-order valence-corrected chi connectivity index (χ4v) is 2.96. The van der Waals surface area contributed by atoms with Crippen molar-refractivity contribution in [2.24, 2.45) is 10.7 Å². The number of esters is 1. The molecule has 2 rings (SSSR count). The van der Waals surface area contributed by atoms with E-state index in [2.05, 4.69) is 22.1 Å². The zero-order valence-electron chi connectivity index (χ0n) is 14.6. The van der Waals surface area contributed by atoms with Gasteiger partial charge in [0, 0.05) is 12.6 Å². The van der Waals surface area contributed by atoms with Crippen LogP contribution in [0.15, 0.2) is 29.3 Å². The summed E-state index contributed by atoms with van der Waals surface area (Å²) in [6, 6.07) is 7.80. The zero-order valence-corrected chi connectivity index (χ0v) is 14.6. The van der Waals surface area contributed by atoms with Crippen LogP contribution in [0.5, 0.6) is 0 Å². The van der Waals surface area contributed by atoms with Crippen molar-refractivity contribution in [2.45, 2.75) is 39.3 Å². The quantitative estimate of drug-likeness (QED) is 0.452. The van der Waals surface area contributed by atoms with Gasteiger partial charge < -0.3 is 15.8 Å². The van der Waals surface area contributed by atoms with Gasteiger partial charge >= 0.3 is 5.97 Å². The Morgan fingerprint density at radius 1 is 1.38 bits per heavy atom. The molecule has 0 bridgehead atoms. The first-order chi connectivity index (χ1) is 11.6. The maximum Gasteiger partial charge on any atom is 0.338 e. The van der Waals surface area contributed by atoms with Crippen LogP contribution in [-0.2, 0) is 11.3 Å². The third-order valence-corrected chi connectivity index (χ3v) is 4.32. The molecule has 1 heterocycles. The third kappa shape index (κ3) is 5.23. The standard InChI is InChI=1S/C18H28N4O2/c1-3-22-11-5-6-16(22)13-21-18(19)20-12-14-7-9-15(10-8-14)17(23)24-4-2/h7-10,16H,3-6,11-13H2,1-2H3,(H3,19,20,21). The molecule has 3 N–H and O–H groups in total. The van der Waals surface area contributed by atoms with Crippen molar-refractivity contribution in [3.8, 4) is 0 Å². The summed E-state index contributed by atoms with van der Waals surface area (Å²) >= 11 is 0. The van der Waals surface area contributed by atoms with E-state index < -0.39 is 0 Å². The van der Waals surface area contributed by atoms with Crippen LogP contribution in [0.3, 0.4) is 0 Å². The molecule has 1 aromatic carbocycles. The van der Waals surface area contributed by atoms with Crippen LogP contribution >= 0.6 is 0 Å². The van der Waals surface area contributed by atoms with Gasteiger partial charge in [-0.1, -0.05) is 19.1 Å². The highest BCUT2D eigenvalue weighted by Crippen LogP contribution is 2.15. The van der Waals surface area contributed by atoms with Gasteiger partial charge in [-0.25, -0.2) is 9.79 Å². The van der Waals surface area contributed by atoms with Crippen molar-refractivity contribution < 1.29 is 9.53 Å². The summed E-state index contributed by atoms with van der Waals surface area (Å²) in [6.07, 6.45) is 2.47. The Kier molecular flexibility index (Phi) is 7.06. The molecule has 6 nitrogen and oxygen atoms in total. The largest absolute Gasteiger partial charge is 0.462 e. The Morgan fingerprint density at radius 3 is 2.79 bits per heavy atom. The first kappa shape index (κ1) is 18.3. The average Bonchev–Trinajstić information content (AvgIpc) is 3.06. The minimum Gasteiger partial charge on any atom is -0.462 e. The van der Waals surface area contributed by atoms with Gasteiger partial charge in [0.05, 0.1) is 18.7 Å². The fraction of sp³-hybridized carbons (Fsp3) is 0.556. The fourth-order valence-electron chi connectivity index (χ4n) is 2.96. The highest BCUT2D eigenvalue weighted by molar-refractivity contribution is 5.89. The molecule has 0 saturated carbocycles. The number of likely N-dealkylation sites (N-methyl/N-ethyl adjacent to an activating group) is 1. The minimum absolute atomic E-state index is 0.300. The number of carbonyl (C=O) groups excluding carboxylic acids is 1. The second kappa shape index (κ2) is 9.27. The zero-order chi connectivity index (χ0) is 17.4. The van der Waals surface area contributed by atoms with Gasteiger partial charge in [0.2, 0.25) is 0 Å². The van der Waals surface area contributed by atoms with Gasteiger partial charge in [-0.05, 0) is 50.6 Å². The lowest BCUT2D eigenvalue weighted by Crippen LogP contribution is -2.42. The summed E-state index contributed by atoms with van der Waals surface area (Å²) in [6.45, 7) is 7.94. The van der Waals surface area contributed by atoms with Crippen molar-refractivity contribution >= 4 is 11.9 Å². The number of guanidine groups is 1. The van der Waals surface area contributed by atoms with Crippen LogP contribution in [0.25, 0.3) is 0 Å². The molecule has 1 aromatic rings. The third-order valence-electron chi connectivity index (χ3n) is 4.32. The van der Waals surface area contributed by atoms with E-state index in [1.54, 1.807) is 19.1 Å². The normalized spacial score (nSPS) is 18.6. The van der Waals surface area contributed by atoms with E-state index in [0.29, 0.717) is 30.7 Å². The van der Waals surface area contributed by atoms with E-state index in [1.165, 1.54) is 19.4 Å². The smallest absolute Gasteiger partial charge is 0.338 e. The number of carbonyl (C=O) groups is 1. The van der Waals surface area contributed by atoms with Crippen LogP contribution in [0.1, 0.15) is 42.6 Å². The number of nitrogens with zero attached hydrogens (tertiary/aromatic N) is 2. The molecular weight excluding hydrogens is 304 g/mol. The molecule has 1 saturated heterocycles. The Labute approximate surface area is 144 Å². The summed E-state index contributed by atoms with van der Waals surface area (Å²) in [4.78, 5) is 18.4. The van der Waals surface area contributed by atoms with Crippen LogP contribution in [0, 0.1) is 0 Å². The number of ether oxygens (including phenoxy) is 1. The second-order valence-electron chi connectivity index (χ2n) is 5.92. The van der Waals surface area contributed by atoms with Gasteiger partial charge in [0.1, 0.15) is 0 Å². The maximum atomic E-state index is 11.6. The number of nitrogens with one attached hydrogen (secondary N) is 1. The Balaban J connectivity index is 1.80. The summed E-state index contributed by atoms with van der Waals surface area (Å²) in [5.74, 6) is 0.165. The first-order valence-corrected chi connectivity index (χ1v) is 8.68. The van der Waals surface area contributed by atoms with E-state index in [9.17, 15) is 4.79 Å². The molecule has 1 atom stereocenters. The predicted octanol–water partition coefficient (Wildman–Crippen LogP) is 1.75. The number of aliphatic imine (C=N–C) groups is 1. The highest BCUT2D eigenvalue weighted by Gasteiger charge is 2.22. The summed E-state index contributed by atoms with van der Waals surface area (Å²) in [5, 5.41) is 3.22. The first-order valence-electron chi connectivity index (χ1n) is 8.68. The van der Waals surface area contributed by atoms with Crippen LogP contribution in [0.2, 0.25) is 0 Å². The summed E-state index contributed by atoms with van der Waals surface area (Å²) in [7, 11) is 0. The Bertz CT molecular complexity index is 557. The molecule has 1 unspecified atom stereocenters. The molecule has 0 radical (unpaired) electrons. The van der Waals surface area contributed by atoms with Crippen molar-refractivity contribution in [3.05, 3.63) is 35.4 Å². The van der Waals surface area contributed by atoms with Crippen molar-refractivity contribution in [3.63, 3.8) is 0 Å². The maximum absolute atomic E-state index is 11.6. The molecule has 1 aliphatic rings. The molecule has 132 valence electrons. The lowest BCUT2D eigenvalue weighted by Gasteiger charge is -2.23. The van der Waals surface area contributed by atoms with Crippen molar-refractivity contribution in [2.75, 3.05) is 26.2 Å². The number of benzene rings is 1. The molecule has 0 spiro atoms. The van der Waals surface area contributed by atoms with Gasteiger partial charge in [-0.2, -0.15) is 0 Å². The number of likely N-dealkylation sites (tertiary alicyclic amines) is 1. The molecule has 1 aliphatic heterocycles. The average molecular weight is 332 g/mol. The van der Waals surface area contributed by atoms with Gasteiger partial charge in [-0.3, -0.25) is 4.90 Å². The monoisotopic (exact) mass is 332 g/mol. The van der Waals surface area contributed by atoms with E-state index >= 15 is 0 Å². The molecule has 24 heavy (non-hydrogen) atoms. The van der Waals surface area contributed by atoms with Gasteiger partial charge in [-0.15, -0.1) is 0 Å². The van der Waals surface area contributed by atoms with Gasteiger partial charge in [0.15, 0.2) is 5.96 Å². The molecule has 0 aromatic heterocycles. The second-order valence-corrected chi connectivity index (χ2v) is 5.92. The molecule has 0 aliphatic carbocycles. The molecule has 0 amide bonds. The lowest BCUT2D eigenvalue weighted by molar-refractivity contribution is 0.0526. The topological polar surface area (TPSA) is 79.9 Å². The van der Waals surface area contributed by atoms with Crippen LogP contribution in [0.4, 0.5) is 0 Å².